The lowest BCUT2D eigenvalue weighted by Crippen LogP contribution is -1.77. The van der Waals surface area contributed by atoms with Crippen molar-refractivity contribution < 1.29 is 0 Å². The minimum atomic E-state index is 1.16. The van der Waals surface area contributed by atoms with Crippen LogP contribution in [-0.2, 0) is 0 Å². The van der Waals surface area contributed by atoms with Crippen LogP contribution in [0.15, 0.2) is 12.2 Å². The summed E-state index contributed by atoms with van der Waals surface area (Å²) >= 11 is 3.43. The Hall–Kier alpha value is 0.220. The molecule has 0 N–H and O–H groups in total. The van der Waals surface area contributed by atoms with Gasteiger partial charge in [0.2, 0.25) is 0 Å². The van der Waals surface area contributed by atoms with Crippen LogP contribution in [-0.4, -0.2) is 5.33 Å². The first-order valence-corrected chi connectivity index (χ1v) is 5.75. The maximum atomic E-state index is 3.43. The molecule has 0 saturated heterocycles. The lowest BCUT2D eigenvalue weighted by Gasteiger charge is -1.94. The number of hydrogen-bond donors (Lipinski definition) is 0. The Bertz CT molecular complexity index is 86.9. The van der Waals surface area contributed by atoms with E-state index in [4.69, 9.17) is 0 Å². The Morgan fingerprint density at radius 1 is 1.00 bits per heavy atom. The molecule has 0 radical (unpaired) electrons. The third kappa shape index (κ3) is 10.2. The second-order valence-corrected chi connectivity index (χ2v) is 3.56. The Kier molecular flexibility index (Phi) is 10.4. The van der Waals surface area contributed by atoms with Gasteiger partial charge in [0.05, 0.1) is 0 Å². The van der Waals surface area contributed by atoms with Gasteiger partial charge in [-0.05, 0) is 25.7 Å². The summed E-state index contributed by atoms with van der Waals surface area (Å²) in [5.74, 6) is 0. The van der Waals surface area contributed by atoms with Crippen LogP contribution in [0.5, 0.6) is 0 Å². The van der Waals surface area contributed by atoms with E-state index < -0.39 is 0 Å². The van der Waals surface area contributed by atoms with Crippen LogP contribution in [0, 0.1) is 0 Å². The fourth-order valence-corrected chi connectivity index (χ4v) is 1.39. The maximum Gasteiger partial charge on any atom is 0.00313 e. The first-order valence-electron chi connectivity index (χ1n) is 4.62. The molecule has 0 nitrogen and oxygen atoms in total. The third-order valence-electron chi connectivity index (χ3n) is 1.66. The number of hydrogen-bond acceptors (Lipinski definition) is 0. The van der Waals surface area contributed by atoms with Crippen LogP contribution < -0.4 is 0 Å². The van der Waals surface area contributed by atoms with Gasteiger partial charge in [0.25, 0.3) is 0 Å². The summed E-state index contributed by atoms with van der Waals surface area (Å²) in [5.41, 5.74) is 0. The minimum absolute atomic E-state index is 1.16. The summed E-state index contributed by atoms with van der Waals surface area (Å²) in [6, 6.07) is 0. The Balaban J connectivity index is 2.85. The lowest BCUT2D eigenvalue weighted by atomic mass is 10.1. The van der Waals surface area contributed by atoms with Gasteiger partial charge in [-0.1, -0.05) is 47.8 Å². The zero-order valence-electron chi connectivity index (χ0n) is 7.48. The molecule has 0 rings (SSSR count). The lowest BCUT2D eigenvalue weighted by molar-refractivity contribution is 0.679. The molecule has 0 unspecified atom stereocenters. The molecular weight excluding hydrogens is 200 g/mol. The smallest absolute Gasteiger partial charge is 0.00313 e. The first kappa shape index (κ1) is 11.2. The Morgan fingerprint density at radius 2 is 1.73 bits per heavy atom. The highest BCUT2D eigenvalue weighted by Crippen LogP contribution is 2.04. The maximum absolute atomic E-state index is 3.43. The van der Waals surface area contributed by atoms with Crippen molar-refractivity contribution in [1.29, 1.82) is 0 Å². The van der Waals surface area contributed by atoms with E-state index in [9.17, 15) is 0 Å². The highest BCUT2D eigenvalue weighted by atomic mass is 79.9. The van der Waals surface area contributed by atoms with Crippen molar-refractivity contribution in [3.8, 4) is 0 Å². The van der Waals surface area contributed by atoms with Gasteiger partial charge in [0.15, 0.2) is 0 Å². The summed E-state index contributed by atoms with van der Waals surface area (Å²) in [7, 11) is 0. The van der Waals surface area contributed by atoms with Gasteiger partial charge in [-0.25, -0.2) is 0 Å². The van der Waals surface area contributed by atoms with Crippen LogP contribution in [0.3, 0.4) is 0 Å². The molecular formula is C10H19Br. The van der Waals surface area contributed by atoms with Crippen molar-refractivity contribution in [3.63, 3.8) is 0 Å². The molecule has 0 amide bonds. The van der Waals surface area contributed by atoms with Crippen LogP contribution >= 0.6 is 15.9 Å². The van der Waals surface area contributed by atoms with Crippen molar-refractivity contribution in [2.45, 2.75) is 45.4 Å². The number of halogens is 1. The zero-order chi connectivity index (χ0) is 8.36. The fourth-order valence-electron chi connectivity index (χ4n) is 0.995. The van der Waals surface area contributed by atoms with Crippen molar-refractivity contribution in [2.75, 3.05) is 5.33 Å². The summed E-state index contributed by atoms with van der Waals surface area (Å²) in [5, 5.41) is 1.16. The molecule has 1 heteroatoms. The quantitative estimate of drug-likeness (QED) is 0.340. The SMILES string of the molecule is CC/C=C\CCCCCCBr. The normalized spacial score (nSPS) is 11.1. The van der Waals surface area contributed by atoms with Gasteiger partial charge < -0.3 is 0 Å². The van der Waals surface area contributed by atoms with E-state index in [2.05, 4.69) is 35.0 Å². The molecule has 0 aromatic heterocycles. The largest absolute Gasteiger partial charge is 0.0928 e. The van der Waals surface area contributed by atoms with E-state index in [0.717, 1.165) is 5.33 Å². The van der Waals surface area contributed by atoms with Gasteiger partial charge in [0.1, 0.15) is 0 Å². The average molecular weight is 219 g/mol. The minimum Gasteiger partial charge on any atom is -0.0928 e. The summed E-state index contributed by atoms with van der Waals surface area (Å²) in [6.45, 7) is 2.18. The van der Waals surface area contributed by atoms with Crippen molar-refractivity contribution in [1.82, 2.24) is 0 Å². The molecule has 0 aliphatic heterocycles. The van der Waals surface area contributed by atoms with Crippen LogP contribution in [0.4, 0.5) is 0 Å². The van der Waals surface area contributed by atoms with Gasteiger partial charge >= 0.3 is 0 Å². The second-order valence-electron chi connectivity index (χ2n) is 2.77. The number of alkyl halides is 1. The van der Waals surface area contributed by atoms with Crippen LogP contribution in [0.1, 0.15) is 45.4 Å². The highest BCUT2D eigenvalue weighted by Gasteiger charge is 1.85. The number of unbranched alkanes of at least 4 members (excludes halogenated alkanes) is 4. The van der Waals surface area contributed by atoms with Gasteiger partial charge in [-0.2, -0.15) is 0 Å². The molecule has 11 heavy (non-hydrogen) atoms. The second kappa shape index (κ2) is 10.2. The standard InChI is InChI=1S/C10H19Br/c1-2-3-4-5-6-7-8-9-10-11/h3-4H,2,5-10H2,1H3/b4-3-. The summed E-state index contributed by atoms with van der Waals surface area (Å²) < 4.78 is 0. The third-order valence-corrected chi connectivity index (χ3v) is 2.22. The Morgan fingerprint density at radius 3 is 2.36 bits per heavy atom. The summed E-state index contributed by atoms with van der Waals surface area (Å²) in [4.78, 5) is 0. The highest BCUT2D eigenvalue weighted by molar-refractivity contribution is 9.09. The van der Waals surface area contributed by atoms with Crippen LogP contribution in [0.2, 0.25) is 0 Å². The molecule has 0 aromatic carbocycles. The molecule has 0 spiro atoms. The fraction of sp³-hybridized carbons (Fsp3) is 0.800. The van der Waals surface area contributed by atoms with Crippen molar-refractivity contribution in [3.05, 3.63) is 12.2 Å². The Labute approximate surface area is 79.2 Å². The van der Waals surface area contributed by atoms with Gasteiger partial charge in [0, 0.05) is 5.33 Å². The monoisotopic (exact) mass is 218 g/mol. The topological polar surface area (TPSA) is 0 Å². The molecule has 66 valence electrons. The first-order chi connectivity index (χ1) is 5.41. The van der Waals surface area contributed by atoms with E-state index >= 15 is 0 Å². The summed E-state index contributed by atoms with van der Waals surface area (Å²) in [6.07, 6.45) is 12.5. The molecule has 0 aliphatic carbocycles. The average Bonchev–Trinajstić information content (AvgIpc) is 2.03. The van der Waals surface area contributed by atoms with Crippen molar-refractivity contribution >= 4 is 15.9 Å². The van der Waals surface area contributed by atoms with Crippen molar-refractivity contribution in [2.24, 2.45) is 0 Å². The van der Waals surface area contributed by atoms with E-state index in [-0.39, 0.29) is 0 Å². The van der Waals surface area contributed by atoms with E-state index in [1.54, 1.807) is 0 Å². The van der Waals surface area contributed by atoms with E-state index in [0.29, 0.717) is 0 Å². The van der Waals surface area contributed by atoms with Gasteiger partial charge in [-0.3, -0.25) is 0 Å². The number of rotatable bonds is 7. The molecule has 0 atom stereocenters. The zero-order valence-corrected chi connectivity index (χ0v) is 9.07. The van der Waals surface area contributed by atoms with Gasteiger partial charge in [-0.15, -0.1) is 0 Å². The molecule has 0 saturated carbocycles. The molecule has 0 fully saturated rings. The van der Waals surface area contributed by atoms with E-state index in [1.165, 1.54) is 38.5 Å². The van der Waals surface area contributed by atoms with E-state index in [1.807, 2.05) is 0 Å². The predicted molar refractivity (Wildman–Crippen MR) is 56.3 cm³/mol. The molecule has 0 bridgehead atoms. The van der Waals surface area contributed by atoms with Crippen LogP contribution in [0.25, 0.3) is 0 Å². The molecule has 0 heterocycles. The number of allylic oxidation sites excluding steroid dienone is 2. The molecule has 0 aromatic rings. The molecule has 0 aliphatic rings. The predicted octanol–water partition coefficient (Wildman–Crippen LogP) is 4.30.